The molecule has 1 N–H and O–H groups in total. The number of carbonyl (C=O) groups excluding carboxylic acids is 1. The number of aliphatic hydroxyl groups excluding tert-OH is 1. The van der Waals surface area contributed by atoms with Gasteiger partial charge in [0, 0.05) is 16.6 Å². The molecule has 0 aliphatic rings. The van der Waals surface area contributed by atoms with Crippen LogP contribution in [0.3, 0.4) is 0 Å². The molecule has 8 heteroatoms. The summed E-state index contributed by atoms with van der Waals surface area (Å²) in [7, 11) is 0. The molecule has 0 spiro atoms. The summed E-state index contributed by atoms with van der Waals surface area (Å²) in [6.45, 7) is -0.654. The first-order chi connectivity index (χ1) is 11.8. The molecule has 0 aliphatic carbocycles. The van der Waals surface area contributed by atoms with E-state index in [1.54, 1.807) is 24.3 Å². The van der Waals surface area contributed by atoms with E-state index in [0.717, 1.165) is 4.57 Å². The number of nitrogens with zero attached hydrogens (tertiary/aromatic N) is 2. The molecule has 0 unspecified atom stereocenters. The highest BCUT2D eigenvalue weighted by atomic mass is 79.9. The molecule has 1 aromatic heterocycles. The lowest BCUT2D eigenvalue weighted by Crippen LogP contribution is -2.15. The number of rotatable bonds is 4. The largest absolute Gasteiger partial charge is 0.449 e. The van der Waals surface area contributed by atoms with Crippen LogP contribution in [0.15, 0.2) is 46.9 Å². The molecule has 0 atom stereocenters. The standard InChI is InChI=1S/C17H12BrF3N2O2/c18-12-5-6-14-13(7-12)22-16(17(19,20)21)23(14)8-10-1-3-11(4-2-10)15(25)9-24/h1-7,24H,8-9H2. The second-order valence-electron chi connectivity index (χ2n) is 5.43. The van der Waals surface area contributed by atoms with E-state index in [1.165, 1.54) is 18.2 Å². The number of alkyl halides is 3. The smallest absolute Gasteiger partial charge is 0.388 e. The zero-order valence-electron chi connectivity index (χ0n) is 12.7. The van der Waals surface area contributed by atoms with Crippen LogP contribution in [0, 0.1) is 0 Å². The van der Waals surface area contributed by atoms with Crippen molar-refractivity contribution in [1.82, 2.24) is 9.55 Å². The van der Waals surface area contributed by atoms with Gasteiger partial charge in [-0.15, -0.1) is 0 Å². The Morgan fingerprint density at radius 3 is 2.44 bits per heavy atom. The third kappa shape index (κ3) is 3.59. The topological polar surface area (TPSA) is 55.1 Å². The van der Waals surface area contributed by atoms with Crippen molar-refractivity contribution in [2.24, 2.45) is 0 Å². The van der Waals surface area contributed by atoms with Gasteiger partial charge in [0.1, 0.15) is 6.61 Å². The van der Waals surface area contributed by atoms with Gasteiger partial charge in [0.05, 0.1) is 11.0 Å². The molecule has 1 heterocycles. The van der Waals surface area contributed by atoms with Crippen molar-refractivity contribution in [3.8, 4) is 0 Å². The minimum atomic E-state index is -4.59. The van der Waals surface area contributed by atoms with Crippen molar-refractivity contribution in [3.05, 3.63) is 63.9 Å². The molecule has 4 nitrogen and oxygen atoms in total. The van der Waals surface area contributed by atoms with Gasteiger partial charge in [-0.05, 0) is 23.8 Å². The second kappa shape index (κ2) is 6.61. The van der Waals surface area contributed by atoms with E-state index in [1.807, 2.05) is 0 Å². The van der Waals surface area contributed by atoms with Crippen molar-refractivity contribution in [2.45, 2.75) is 12.7 Å². The summed E-state index contributed by atoms with van der Waals surface area (Å²) in [5, 5.41) is 8.84. The number of aliphatic hydroxyl groups is 1. The Balaban J connectivity index is 2.04. The summed E-state index contributed by atoms with van der Waals surface area (Å²) in [6, 6.07) is 10.9. The van der Waals surface area contributed by atoms with Crippen LogP contribution in [0.25, 0.3) is 11.0 Å². The highest BCUT2D eigenvalue weighted by molar-refractivity contribution is 9.10. The zero-order valence-corrected chi connectivity index (χ0v) is 14.3. The third-order valence-electron chi connectivity index (χ3n) is 3.72. The van der Waals surface area contributed by atoms with E-state index in [2.05, 4.69) is 20.9 Å². The minimum Gasteiger partial charge on any atom is -0.388 e. The predicted octanol–water partition coefficient (Wildman–Crippen LogP) is 4.04. The summed E-state index contributed by atoms with van der Waals surface area (Å²) in [5.41, 5.74) is 1.50. The number of hydrogen-bond donors (Lipinski definition) is 1. The summed E-state index contributed by atoms with van der Waals surface area (Å²) in [4.78, 5) is 15.1. The van der Waals surface area contributed by atoms with Gasteiger partial charge in [-0.1, -0.05) is 40.2 Å². The molecular formula is C17H12BrF3N2O2. The van der Waals surface area contributed by atoms with Crippen molar-refractivity contribution < 1.29 is 23.1 Å². The fourth-order valence-electron chi connectivity index (χ4n) is 2.55. The normalized spacial score (nSPS) is 11.9. The maximum Gasteiger partial charge on any atom is 0.449 e. The van der Waals surface area contributed by atoms with E-state index in [4.69, 9.17) is 5.11 Å². The van der Waals surface area contributed by atoms with E-state index in [0.29, 0.717) is 21.1 Å². The van der Waals surface area contributed by atoms with Crippen molar-refractivity contribution in [3.63, 3.8) is 0 Å². The van der Waals surface area contributed by atoms with Gasteiger partial charge >= 0.3 is 6.18 Å². The first-order valence-electron chi connectivity index (χ1n) is 7.25. The van der Waals surface area contributed by atoms with E-state index in [9.17, 15) is 18.0 Å². The maximum atomic E-state index is 13.3. The van der Waals surface area contributed by atoms with Gasteiger partial charge in [0.2, 0.25) is 5.82 Å². The van der Waals surface area contributed by atoms with Crippen LogP contribution in [0.2, 0.25) is 0 Å². The number of imidazole rings is 1. The summed E-state index contributed by atoms with van der Waals surface area (Å²) >= 11 is 3.23. The number of aromatic nitrogens is 2. The molecular weight excluding hydrogens is 401 g/mol. The highest BCUT2D eigenvalue weighted by Crippen LogP contribution is 2.33. The molecule has 0 fully saturated rings. The van der Waals surface area contributed by atoms with E-state index >= 15 is 0 Å². The third-order valence-corrected chi connectivity index (χ3v) is 4.22. The molecule has 0 saturated heterocycles. The fourth-order valence-corrected chi connectivity index (χ4v) is 2.90. The van der Waals surface area contributed by atoms with Crippen LogP contribution in [0.1, 0.15) is 21.7 Å². The Hall–Kier alpha value is -2.19. The minimum absolute atomic E-state index is 0.0411. The summed E-state index contributed by atoms with van der Waals surface area (Å²) in [6.07, 6.45) is -4.59. The number of halogens is 4. The average Bonchev–Trinajstić information content (AvgIpc) is 2.92. The lowest BCUT2D eigenvalue weighted by molar-refractivity contribution is -0.146. The Morgan fingerprint density at radius 2 is 1.84 bits per heavy atom. The van der Waals surface area contributed by atoms with Crippen molar-refractivity contribution in [2.75, 3.05) is 6.61 Å². The van der Waals surface area contributed by atoms with Crippen LogP contribution in [0.4, 0.5) is 13.2 Å². The second-order valence-corrected chi connectivity index (χ2v) is 6.35. The molecule has 3 aromatic rings. The molecule has 0 radical (unpaired) electrons. The molecule has 3 rings (SSSR count). The summed E-state index contributed by atoms with van der Waals surface area (Å²) < 4.78 is 41.8. The lowest BCUT2D eigenvalue weighted by Gasteiger charge is -2.12. The summed E-state index contributed by atoms with van der Waals surface area (Å²) in [5.74, 6) is -1.42. The van der Waals surface area contributed by atoms with Gasteiger partial charge in [0.15, 0.2) is 5.78 Å². The molecule has 0 aliphatic heterocycles. The quantitative estimate of drug-likeness (QED) is 0.657. The predicted molar refractivity (Wildman–Crippen MR) is 89.4 cm³/mol. The van der Waals surface area contributed by atoms with Crippen LogP contribution < -0.4 is 0 Å². The van der Waals surface area contributed by atoms with Crippen LogP contribution >= 0.6 is 15.9 Å². The molecule has 0 saturated carbocycles. The van der Waals surface area contributed by atoms with Gasteiger partial charge in [0.25, 0.3) is 0 Å². The number of Topliss-reactive ketones (excluding diaryl/α,β-unsaturated/α-hetero) is 1. The number of hydrogen-bond acceptors (Lipinski definition) is 3. The number of fused-ring (bicyclic) bond motifs is 1. The fraction of sp³-hybridized carbons (Fsp3) is 0.176. The first kappa shape index (κ1) is 17.6. The Labute approximate surface area is 149 Å². The van der Waals surface area contributed by atoms with Crippen molar-refractivity contribution >= 4 is 32.7 Å². The van der Waals surface area contributed by atoms with Gasteiger partial charge in [-0.2, -0.15) is 13.2 Å². The SMILES string of the molecule is O=C(CO)c1ccc(Cn2c(C(F)(F)F)nc3cc(Br)ccc32)cc1. The zero-order chi connectivity index (χ0) is 18.2. The van der Waals surface area contributed by atoms with Crippen molar-refractivity contribution in [1.29, 1.82) is 0 Å². The number of ketones is 1. The Morgan fingerprint density at radius 1 is 1.16 bits per heavy atom. The molecule has 0 amide bonds. The lowest BCUT2D eigenvalue weighted by atomic mass is 10.1. The number of carbonyl (C=O) groups is 1. The Bertz CT molecular complexity index is 933. The van der Waals surface area contributed by atoms with Gasteiger partial charge in [-0.3, -0.25) is 4.79 Å². The molecule has 130 valence electrons. The highest BCUT2D eigenvalue weighted by Gasteiger charge is 2.37. The van der Waals surface area contributed by atoms with E-state index < -0.39 is 24.4 Å². The molecule has 0 bridgehead atoms. The molecule has 2 aromatic carbocycles. The van der Waals surface area contributed by atoms with Gasteiger partial charge in [-0.25, -0.2) is 4.98 Å². The van der Waals surface area contributed by atoms with E-state index in [-0.39, 0.29) is 12.1 Å². The first-order valence-corrected chi connectivity index (χ1v) is 8.05. The average molecular weight is 413 g/mol. The van der Waals surface area contributed by atoms with Gasteiger partial charge < -0.3 is 9.67 Å². The Kier molecular flexibility index (Phi) is 4.66. The van der Waals surface area contributed by atoms with Crippen LogP contribution in [-0.4, -0.2) is 27.0 Å². The number of benzene rings is 2. The van der Waals surface area contributed by atoms with Crippen LogP contribution in [-0.2, 0) is 12.7 Å². The molecule has 25 heavy (non-hydrogen) atoms. The van der Waals surface area contributed by atoms with Crippen LogP contribution in [0.5, 0.6) is 0 Å². The maximum absolute atomic E-state index is 13.3. The monoisotopic (exact) mass is 412 g/mol.